The Morgan fingerprint density at radius 1 is 1.19 bits per heavy atom. The summed E-state index contributed by atoms with van der Waals surface area (Å²) in [5.41, 5.74) is 2.52. The number of halogens is 2. The molecule has 1 atom stereocenters. The smallest absolute Gasteiger partial charge is 0.220 e. The number of carbonyl (C=O) groups excluding carboxylic acids is 1. The van der Waals surface area contributed by atoms with Crippen LogP contribution in [0.15, 0.2) is 24.3 Å². The molecule has 1 unspecified atom stereocenters. The zero-order valence-corrected chi connectivity index (χ0v) is 16.9. The molecule has 0 saturated carbocycles. The molecule has 0 aliphatic carbocycles. The van der Waals surface area contributed by atoms with Crippen LogP contribution in [0.1, 0.15) is 36.8 Å². The van der Waals surface area contributed by atoms with Gasteiger partial charge in [0.25, 0.3) is 0 Å². The third-order valence-corrected chi connectivity index (χ3v) is 4.97. The van der Waals surface area contributed by atoms with Crippen LogP contribution in [-0.2, 0) is 22.6 Å². The molecule has 5 nitrogen and oxygen atoms in total. The molecule has 2 fully saturated rings. The van der Waals surface area contributed by atoms with Crippen molar-refractivity contribution in [3.63, 3.8) is 0 Å². The Morgan fingerprint density at radius 2 is 1.92 bits per heavy atom. The molecule has 3 rings (SSSR count). The minimum absolute atomic E-state index is 0. The number of ether oxygens (including phenoxy) is 1. The van der Waals surface area contributed by atoms with Crippen LogP contribution in [0.5, 0.6) is 0 Å². The average molecular weight is 404 g/mol. The van der Waals surface area contributed by atoms with Gasteiger partial charge in [-0.3, -0.25) is 9.69 Å². The van der Waals surface area contributed by atoms with E-state index in [1.165, 1.54) is 24.0 Å². The van der Waals surface area contributed by atoms with E-state index in [4.69, 9.17) is 4.74 Å². The SMILES string of the molecule is Cl.Cl.O=C(CCC1CCCN1)NCc1ccccc1CN1CCOCC1. The number of rotatable bonds is 7. The highest BCUT2D eigenvalue weighted by Gasteiger charge is 2.16. The molecule has 2 heterocycles. The number of morpholine rings is 1. The maximum Gasteiger partial charge on any atom is 0.220 e. The lowest BCUT2D eigenvalue weighted by Gasteiger charge is -2.27. The summed E-state index contributed by atoms with van der Waals surface area (Å²) in [6.45, 7) is 6.24. The van der Waals surface area contributed by atoms with Crippen molar-refractivity contribution in [2.75, 3.05) is 32.8 Å². The standard InChI is InChI=1S/C19H29N3O2.2ClH/c23-19(8-7-18-6-3-9-20-18)21-14-16-4-1-2-5-17(16)15-22-10-12-24-13-11-22;;/h1-2,4-5,18,20H,3,6-15H2,(H,21,23);2*1H. The molecule has 0 spiro atoms. The summed E-state index contributed by atoms with van der Waals surface area (Å²) in [6, 6.07) is 8.94. The number of hydrogen-bond acceptors (Lipinski definition) is 4. The summed E-state index contributed by atoms with van der Waals surface area (Å²) in [4.78, 5) is 14.5. The fourth-order valence-corrected chi connectivity index (χ4v) is 3.48. The molecule has 0 bridgehead atoms. The van der Waals surface area contributed by atoms with Gasteiger partial charge in [0, 0.05) is 38.6 Å². The number of carbonyl (C=O) groups is 1. The first-order valence-corrected chi connectivity index (χ1v) is 9.18. The van der Waals surface area contributed by atoms with E-state index in [1.54, 1.807) is 0 Å². The van der Waals surface area contributed by atoms with E-state index < -0.39 is 0 Å². The molecule has 0 aromatic heterocycles. The topological polar surface area (TPSA) is 53.6 Å². The van der Waals surface area contributed by atoms with Gasteiger partial charge in [0.15, 0.2) is 0 Å². The summed E-state index contributed by atoms with van der Waals surface area (Å²) in [5.74, 6) is 0.157. The largest absolute Gasteiger partial charge is 0.379 e. The van der Waals surface area contributed by atoms with Crippen LogP contribution in [0.3, 0.4) is 0 Å². The highest BCUT2D eigenvalue weighted by atomic mass is 35.5. The molecule has 2 aliphatic heterocycles. The van der Waals surface area contributed by atoms with Crippen molar-refractivity contribution >= 4 is 30.7 Å². The van der Waals surface area contributed by atoms with Gasteiger partial charge in [-0.2, -0.15) is 0 Å². The fraction of sp³-hybridized carbons (Fsp3) is 0.632. The van der Waals surface area contributed by atoms with E-state index in [2.05, 4.69) is 33.7 Å². The van der Waals surface area contributed by atoms with Crippen LogP contribution in [-0.4, -0.2) is 49.7 Å². The lowest BCUT2D eigenvalue weighted by Crippen LogP contribution is -2.36. The van der Waals surface area contributed by atoms with Gasteiger partial charge in [0.2, 0.25) is 5.91 Å². The molecule has 1 aromatic carbocycles. The third kappa shape index (κ3) is 7.41. The Balaban J connectivity index is 0.00000169. The first-order valence-electron chi connectivity index (χ1n) is 9.18. The van der Waals surface area contributed by atoms with E-state index >= 15 is 0 Å². The summed E-state index contributed by atoms with van der Waals surface area (Å²) in [6.07, 6.45) is 4.00. The second kappa shape index (κ2) is 12.5. The predicted molar refractivity (Wildman–Crippen MR) is 109 cm³/mol. The number of amides is 1. The van der Waals surface area contributed by atoms with Crippen molar-refractivity contribution in [1.29, 1.82) is 0 Å². The minimum Gasteiger partial charge on any atom is -0.379 e. The van der Waals surface area contributed by atoms with Gasteiger partial charge < -0.3 is 15.4 Å². The third-order valence-electron chi connectivity index (χ3n) is 4.97. The maximum atomic E-state index is 12.1. The summed E-state index contributed by atoms with van der Waals surface area (Å²) >= 11 is 0. The van der Waals surface area contributed by atoms with Crippen molar-refractivity contribution in [3.8, 4) is 0 Å². The highest BCUT2D eigenvalue weighted by Crippen LogP contribution is 2.14. The van der Waals surface area contributed by atoms with E-state index in [1.807, 2.05) is 6.07 Å². The molecule has 2 saturated heterocycles. The second-order valence-corrected chi connectivity index (χ2v) is 6.77. The fourth-order valence-electron chi connectivity index (χ4n) is 3.48. The van der Waals surface area contributed by atoms with Crippen molar-refractivity contribution in [3.05, 3.63) is 35.4 Å². The number of hydrogen-bond donors (Lipinski definition) is 2. The monoisotopic (exact) mass is 403 g/mol. The van der Waals surface area contributed by atoms with Crippen molar-refractivity contribution < 1.29 is 9.53 Å². The molecule has 26 heavy (non-hydrogen) atoms. The van der Waals surface area contributed by atoms with Gasteiger partial charge in [-0.1, -0.05) is 24.3 Å². The van der Waals surface area contributed by atoms with Crippen molar-refractivity contribution in [1.82, 2.24) is 15.5 Å². The van der Waals surface area contributed by atoms with Gasteiger partial charge in [0.1, 0.15) is 0 Å². The summed E-state index contributed by atoms with van der Waals surface area (Å²) in [7, 11) is 0. The Morgan fingerprint density at radius 3 is 2.62 bits per heavy atom. The first-order chi connectivity index (χ1) is 11.8. The first kappa shape index (κ1) is 23.2. The Labute approximate surface area is 169 Å². The molecule has 7 heteroatoms. The summed E-state index contributed by atoms with van der Waals surface area (Å²) in [5, 5.41) is 6.54. The Kier molecular flexibility index (Phi) is 11.2. The second-order valence-electron chi connectivity index (χ2n) is 6.77. The molecule has 2 aliphatic rings. The van der Waals surface area contributed by atoms with Gasteiger partial charge in [-0.25, -0.2) is 0 Å². The van der Waals surface area contributed by atoms with Crippen LogP contribution in [0, 0.1) is 0 Å². The van der Waals surface area contributed by atoms with Crippen LogP contribution >= 0.6 is 24.8 Å². The van der Waals surface area contributed by atoms with Gasteiger partial charge in [0.05, 0.1) is 13.2 Å². The molecule has 2 N–H and O–H groups in total. The van der Waals surface area contributed by atoms with Crippen molar-refractivity contribution in [2.45, 2.75) is 44.8 Å². The molecule has 148 valence electrons. The number of benzene rings is 1. The van der Waals surface area contributed by atoms with Crippen LogP contribution in [0.4, 0.5) is 0 Å². The highest BCUT2D eigenvalue weighted by molar-refractivity contribution is 5.85. The lowest BCUT2D eigenvalue weighted by atomic mass is 10.1. The molecular formula is C19H31Cl2N3O2. The molecule has 1 amide bonds. The van der Waals surface area contributed by atoms with E-state index in [0.717, 1.165) is 45.8 Å². The van der Waals surface area contributed by atoms with Crippen LogP contribution in [0.2, 0.25) is 0 Å². The summed E-state index contributed by atoms with van der Waals surface area (Å²) < 4.78 is 5.41. The molecule has 0 radical (unpaired) electrons. The van der Waals surface area contributed by atoms with Crippen LogP contribution in [0.25, 0.3) is 0 Å². The maximum absolute atomic E-state index is 12.1. The van der Waals surface area contributed by atoms with Crippen LogP contribution < -0.4 is 10.6 Å². The average Bonchev–Trinajstić information content (AvgIpc) is 3.14. The minimum atomic E-state index is 0. The predicted octanol–water partition coefficient (Wildman–Crippen LogP) is 2.51. The number of nitrogens with one attached hydrogen (secondary N) is 2. The van der Waals surface area contributed by atoms with Gasteiger partial charge in [-0.05, 0) is 36.9 Å². The van der Waals surface area contributed by atoms with E-state index in [9.17, 15) is 4.79 Å². The van der Waals surface area contributed by atoms with E-state index in [0.29, 0.717) is 19.0 Å². The quantitative estimate of drug-likeness (QED) is 0.734. The van der Waals surface area contributed by atoms with Crippen molar-refractivity contribution in [2.24, 2.45) is 0 Å². The number of nitrogens with zero attached hydrogens (tertiary/aromatic N) is 1. The normalized spacial score (nSPS) is 20.1. The Bertz CT molecular complexity index is 533. The van der Waals surface area contributed by atoms with E-state index in [-0.39, 0.29) is 30.7 Å². The lowest BCUT2D eigenvalue weighted by molar-refractivity contribution is -0.121. The Hall–Kier alpha value is -0.850. The van der Waals surface area contributed by atoms with Gasteiger partial charge in [-0.15, -0.1) is 24.8 Å². The molecular weight excluding hydrogens is 373 g/mol. The zero-order valence-electron chi connectivity index (χ0n) is 15.2. The molecule has 1 aromatic rings. The zero-order chi connectivity index (χ0) is 16.6. The van der Waals surface area contributed by atoms with Gasteiger partial charge >= 0.3 is 0 Å².